The predicted octanol–water partition coefficient (Wildman–Crippen LogP) is 2.58. The third kappa shape index (κ3) is 2.91. The second kappa shape index (κ2) is 5.66. The fourth-order valence-electron chi connectivity index (χ4n) is 1.50. The van der Waals surface area contributed by atoms with Crippen LogP contribution in [-0.2, 0) is 0 Å². The van der Waals surface area contributed by atoms with E-state index in [1.807, 2.05) is 0 Å². The molecule has 0 aliphatic carbocycles. The fraction of sp³-hybridized carbons (Fsp3) is 0.182. The Kier molecular flexibility index (Phi) is 3.94. The van der Waals surface area contributed by atoms with Gasteiger partial charge in [0.25, 0.3) is 5.69 Å². The maximum atomic E-state index is 10.9. The highest BCUT2D eigenvalue weighted by Gasteiger charge is 2.16. The lowest BCUT2D eigenvalue weighted by Crippen LogP contribution is -2.02. The van der Waals surface area contributed by atoms with E-state index in [0.717, 1.165) is 0 Å². The van der Waals surface area contributed by atoms with E-state index in [0.29, 0.717) is 5.56 Å². The zero-order valence-electron chi connectivity index (χ0n) is 10.6. The number of benzene rings is 1. The molecule has 0 atom stereocenters. The Morgan fingerprint density at radius 2 is 2.10 bits per heavy atom. The first-order valence-corrected chi connectivity index (χ1v) is 5.90. The molecular formula is C11H10ClN5O3. The third-order valence-corrected chi connectivity index (χ3v) is 2.63. The van der Waals surface area contributed by atoms with E-state index in [1.165, 1.54) is 12.1 Å². The van der Waals surface area contributed by atoms with E-state index in [1.54, 1.807) is 20.0 Å². The van der Waals surface area contributed by atoms with Crippen LogP contribution in [0.15, 0.2) is 18.2 Å². The normalized spacial score (nSPS) is 10.2. The minimum absolute atomic E-state index is 0.0394. The molecule has 0 fully saturated rings. The molecule has 0 unspecified atom stereocenters. The summed E-state index contributed by atoms with van der Waals surface area (Å²) < 4.78 is 5.43. The second-order valence-corrected chi connectivity index (χ2v) is 4.06. The number of ether oxygens (including phenoxy) is 1. The number of hydrogen-bond donors (Lipinski definition) is 1. The maximum Gasteiger partial charge on any atom is 0.328 e. The molecule has 2 rings (SSSR count). The van der Waals surface area contributed by atoms with Crippen LogP contribution in [0.5, 0.6) is 11.8 Å². The molecule has 0 aliphatic rings. The second-order valence-electron chi connectivity index (χ2n) is 3.72. The zero-order chi connectivity index (χ0) is 14.7. The maximum absolute atomic E-state index is 10.9. The van der Waals surface area contributed by atoms with Gasteiger partial charge in [0, 0.05) is 13.1 Å². The highest BCUT2D eigenvalue weighted by molar-refractivity contribution is 6.28. The first kappa shape index (κ1) is 13.9. The van der Waals surface area contributed by atoms with Crippen LogP contribution in [-0.4, -0.2) is 26.9 Å². The quantitative estimate of drug-likeness (QED) is 0.683. The number of nitrogens with one attached hydrogen (secondary N) is 1. The molecule has 1 aromatic carbocycles. The molecule has 0 aliphatic heterocycles. The summed E-state index contributed by atoms with van der Waals surface area (Å²) in [5.41, 5.74) is 0.330. The summed E-state index contributed by atoms with van der Waals surface area (Å²) in [6.45, 7) is 1.58. The molecule has 1 aromatic heterocycles. The third-order valence-electron chi connectivity index (χ3n) is 2.46. The minimum Gasteiger partial charge on any atom is -0.424 e. The molecule has 0 saturated heterocycles. The summed E-state index contributed by atoms with van der Waals surface area (Å²) in [6, 6.07) is 4.45. The Bertz CT molecular complexity index is 665. The largest absolute Gasteiger partial charge is 0.424 e. The lowest BCUT2D eigenvalue weighted by atomic mass is 10.2. The van der Waals surface area contributed by atoms with Crippen molar-refractivity contribution in [3.8, 4) is 11.8 Å². The molecule has 104 valence electrons. The molecule has 1 N–H and O–H groups in total. The number of rotatable bonds is 4. The number of aromatic nitrogens is 3. The Hall–Kier alpha value is -2.48. The highest BCUT2D eigenvalue weighted by Crippen LogP contribution is 2.30. The Balaban J connectivity index is 2.37. The lowest BCUT2D eigenvalue weighted by molar-refractivity contribution is -0.385. The molecular weight excluding hydrogens is 286 g/mol. The van der Waals surface area contributed by atoms with Gasteiger partial charge in [-0.2, -0.15) is 15.0 Å². The van der Waals surface area contributed by atoms with Gasteiger partial charge in [0.15, 0.2) is 0 Å². The van der Waals surface area contributed by atoms with E-state index in [9.17, 15) is 10.1 Å². The fourth-order valence-corrected chi connectivity index (χ4v) is 1.65. The van der Waals surface area contributed by atoms with Crippen molar-refractivity contribution in [1.29, 1.82) is 0 Å². The molecule has 0 saturated carbocycles. The minimum atomic E-state index is -0.485. The molecule has 8 nitrogen and oxygen atoms in total. The van der Waals surface area contributed by atoms with E-state index in [4.69, 9.17) is 16.3 Å². The summed E-state index contributed by atoms with van der Waals surface area (Å²) >= 11 is 5.73. The van der Waals surface area contributed by atoms with Crippen LogP contribution in [0.4, 0.5) is 11.6 Å². The molecule has 0 bridgehead atoms. The predicted molar refractivity (Wildman–Crippen MR) is 72.3 cm³/mol. The Morgan fingerprint density at radius 1 is 1.35 bits per heavy atom. The van der Waals surface area contributed by atoms with Gasteiger partial charge in [0.1, 0.15) is 5.75 Å². The van der Waals surface area contributed by atoms with Crippen molar-refractivity contribution in [3.05, 3.63) is 39.2 Å². The SMILES string of the molecule is CNc1nc(Cl)nc(Oc2cccc([N+](=O)[O-])c2C)n1. The van der Waals surface area contributed by atoms with E-state index >= 15 is 0 Å². The average Bonchev–Trinajstić information content (AvgIpc) is 2.40. The standard InChI is InChI=1S/C11H10ClN5O3/c1-6-7(17(18)19)4-3-5-8(6)20-11-15-9(12)14-10(13-2)16-11/h3-5H,1-2H3,(H,13,14,15,16). The van der Waals surface area contributed by atoms with Crippen LogP contribution >= 0.6 is 11.6 Å². The van der Waals surface area contributed by atoms with Crippen molar-refractivity contribution in [2.24, 2.45) is 0 Å². The summed E-state index contributed by atoms with van der Waals surface area (Å²) in [7, 11) is 1.62. The van der Waals surface area contributed by atoms with Crippen molar-refractivity contribution < 1.29 is 9.66 Å². The van der Waals surface area contributed by atoms with Gasteiger partial charge >= 0.3 is 6.01 Å². The summed E-state index contributed by atoms with van der Waals surface area (Å²) in [6.07, 6.45) is 0. The molecule has 0 radical (unpaired) electrons. The van der Waals surface area contributed by atoms with Gasteiger partial charge in [-0.05, 0) is 24.6 Å². The smallest absolute Gasteiger partial charge is 0.328 e. The van der Waals surface area contributed by atoms with Gasteiger partial charge in [-0.25, -0.2) is 0 Å². The summed E-state index contributed by atoms with van der Waals surface area (Å²) in [5.74, 6) is 0.520. The first-order valence-electron chi connectivity index (χ1n) is 5.52. The number of anilines is 1. The number of nitrogens with zero attached hydrogens (tertiary/aromatic N) is 4. The zero-order valence-corrected chi connectivity index (χ0v) is 11.4. The molecule has 0 amide bonds. The Labute approximate surface area is 118 Å². The number of nitro groups is 1. The van der Waals surface area contributed by atoms with Crippen LogP contribution in [0, 0.1) is 17.0 Å². The first-order chi connectivity index (χ1) is 9.51. The monoisotopic (exact) mass is 295 g/mol. The topological polar surface area (TPSA) is 103 Å². The van der Waals surface area contributed by atoms with Crippen molar-refractivity contribution in [3.63, 3.8) is 0 Å². The summed E-state index contributed by atoms with van der Waals surface area (Å²) in [5, 5.41) is 13.5. The van der Waals surface area contributed by atoms with Crippen LogP contribution in [0.3, 0.4) is 0 Å². The van der Waals surface area contributed by atoms with Gasteiger partial charge < -0.3 is 10.1 Å². The van der Waals surface area contributed by atoms with Crippen LogP contribution in [0.1, 0.15) is 5.56 Å². The highest BCUT2D eigenvalue weighted by atomic mass is 35.5. The van der Waals surface area contributed by atoms with Gasteiger partial charge in [-0.3, -0.25) is 10.1 Å². The van der Waals surface area contributed by atoms with Gasteiger partial charge in [-0.15, -0.1) is 0 Å². The molecule has 1 heterocycles. The van der Waals surface area contributed by atoms with Crippen LogP contribution in [0.25, 0.3) is 0 Å². The lowest BCUT2D eigenvalue weighted by Gasteiger charge is -2.08. The number of nitro benzene ring substituents is 1. The van der Waals surface area contributed by atoms with E-state index < -0.39 is 4.92 Å². The van der Waals surface area contributed by atoms with Crippen molar-refractivity contribution in [2.45, 2.75) is 6.92 Å². The number of hydrogen-bond acceptors (Lipinski definition) is 7. The van der Waals surface area contributed by atoms with Crippen molar-refractivity contribution >= 4 is 23.2 Å². The van der Waals surface area contributed by atoms with Gasteiger partial charge in [0.2, 0.25) is 11.2 Å². The Morgan fingerprint density at radius 3 is 2.75 bits per heavy atom. The molecule has 2 aromatic rings. The van der Waals surface area contributed by atoms with E-state index in [-0.39, 0.29) is 28.7 Å². The molecule has 0 spiro atoms. The average molecular weight is 296 g/mol. The van der Waals surface area contributed by atoms with Crippen molar-refractivity contribution in [2.75, 3.05) is 12.4 Å². The number of halogens is 1. The van der Waals surface area contributed by atoms with Crippen LogP contribution in [0.2, 0.25) is 5.28 Å². The molecule has 20 heavy (non-hydrogen) atoms. The van der Waals surface area contributed by atoms with Crippen LogP contribution < -0.4 is 10.1 Å². The van der Waals surface area contributed by atoms with E-state index in [2.05, 4.69) is 20.3 Å². The summed E-state index contributed by atoms with van der Waals surface area (Å²) in [4.78, 5) is 21.9. The molecule has 9 heteroatoms. The van der Waals surface area contributed by atoms with Gasteiger partial charge in [-0.1, -0.05) is 6.07 Å². The van der Waals surface area contributed by atoms with Gasteiger partial charge in [0.05, 0.1) is 10.5 Å². The van der Waals surface area contributed by atoms with Crippen molar-refractivity contribution in [1.82, 2.24) is 15.0 Å².